The first kappa shape index (κ1) is 17.3. The molecule has 2 aliphatic carbocycles. The summed E-state index contributed by atoms with van der Waals surface area (Å²) in [7, 11) is 0. The van der Waals surface area contributed by atoms with Gasteiger partial charge in [0.15, 0.2) is 5.78 Å². The van der Waals surface area contributed by atoms with Gasteiger partial charge in [-0.05, 0) is 29.9 Å². The van der Waals surface area contributed by atoms with E-state index in [1.165, 1.54) is 5.56 Å². The highest BCUT2D eigenvalue weighted by Crippen LogP contribution is 2.49. The van der Waals surface area contributed by atoms with E-state index in [9.17, 15) is 9.59 Å². The average Bonchev–Trinajstić information content (AvgIpc) is 2.99. The first-order valence-electron chi connectivity index (χ1n) is 10.1. The number of hydrogen-bond acceptors (Lipinski definition) is 3. The predicted molar refractivity (Wildman–Crippen MR) is 111 cm³/mol. The Morgan fingerprint density at radius 3 is 2.32 bits per heavy atom. The Kier molecular flexibility index (Phi) is 3.94. The van der Waals surface area contributed by atoms with E-state index in [1.807, 2.05) is 24.3 Å². The molecule has 3 aliphatic rings. The van der Waals surface area contributed by atoms with Crippen molar-refractivity contribution in [1.29, 1.82) is 0 Å². The highest BCUT2D eigenvalue weighted by atomic mass is 16.1. The van der Waals surface area contributed by atoms with Crippen molar-refractivity contribution >= 4 is 23.0 Å². The average molecular weight is 369 g/mol. The molecule has 0 saturated heterocycles. The monoisotopic (exact) mass is 369 g/mol. The number of carbonyl (C=O) groups excluding carboxylic acids is 2. The van der Waals surface area contributed by atoms with Gasteiger partial charge in [0.25, 0.3) is 0 Å². The summed E-state index contributed by atoms with van der Waals surface area (Å²) in [5, 5.41) is 0. The highest BCUT2D eigenvalue weighted by Gasteiger charge is 2.46. The number of aliphatic imine (C=N–C) groups is 1. The summed E-state index contributed by atoms with van der Waals surface area (Å²) in [6.07, 6.45) is 2.27. The highest BCUT2D eigenvalue weighted by molar-refractivity contribution is 6.25. The number of fused-ring (bicyclic) bond motifs is 3. The second-order valence-corrected chi connectivity index (χ2v) is 8.34. The van der Waals surface area contributed by atoms with Crippen molar-refractivity contribution in [3.8, 4) is 0 Å². The molecule has 2 aromatic carbocycles. The van der Waals surface area contributed by atoms with Crippen molar-refractivity contribution in [1.82, 2.24) is 0 Å². The van der Waals surface area contributed by atoms with E-state index in [0.717, 1.165) is 35.4 Å². The summed E-state index contributed by atoms with van der Waals surface area (Å²) in [6.45, 7) is 4.34. The largest absolute Gasteiger partial charge is 0.299 e. The van der Waals surface area contributed by atoms with E-state index in [1.54, 1.807) is 0 Å². The van der Waals surface area contributed by atoms with Gasteiger partial charge in [0.1, 0.15) is 5.78 Å². The maximum absolute atomic E-state index is 13.3. The molecule has 0 radical (unpaired) electrons. The third-order valence-corrected chi connectivity index (χ3v) is 6.35. The van der Waals surface area contributed by atoms with E-state index in [0.29, 0.717) is 23.5 Å². The number of nitrogens with zero attached hydrogens (tertiary/aromatic N) is 1. The fourth-order valence-electron chi connectivity index (χ4n) is 4.90. The van der Waals surface area contributed by atoms with Gasteiger partial charge in [-0.2, -0.15) is 0 Å². The van der Waals surface area contributed by atoms with Gasteiger partial charge in [0, 0.05) is 34.8 Å². The van der Waals surface area contributed by atoms with Crippen LogP contribution in [0.2, 0.25) is 0 Å². The number of rotatable bonds is 2. The summed E-state index contributed by atoms with van der Waals surface area (Å²) in [4.78, 5) is 31.2. The van der Waals surface area contributed by atoms with E-state index < -0.39 is 0 Å². The summed E-state index contributed by atoms with van der Waals surface area (Å²) >= 11 is 0. The van der Waals surface area contributed by atoms with Crippen LogP contribution < -0.4 is 0 Å². The van der Waals surface area contributed by atoms with Crippen LogP contribution in [0.3, 0.4) is 0 Å². The third-order valence-electron chi connectivity index (χ3n) is 6.35. The number of benzene rings is 2. The molecule has 0 bridgehead atoms. The molecule has 1 unspecified atom stereocenters. The van der Waals surface area contributed by atoms with Gasteiger partial charge in [-0.15, -0.1) is 0 Å². The molecule has 5 rings (SSSR count). The van der Waals surface area contributed by atoms with Crippen LogP contribution in [0.5, 0.6) is 0 Å². The number of allylic oxidation sites excluding steroid dienone is 1. The summed E-state index contributed by atoms with van der Waals surface area (Å²) in [5.41, 5.74) is 6.39. The van der Waals surface area contributed by atoms with Crippen molar-refractivity contribution in [2.75, 3.05) is 0 Å². The van der Waals surface area contributed by atoms with Crippen LogP contribution in [-0.4, -0.2) is 17.3 Å². The SMILES string of the molecule is CC(C)c1ccc([C@H]2C3=C(N=C4CCCC(=O)C42)c2ccccc2C3=O)cc1. The Hall–Kier alpha value is -2.81. The quantitative estimate of drug-likeness (QED) is 0.719. The van der Waals surface area contributed by atoms with E-state index in [4.69, 9.17) is 4.99 Å². The van der Waals surface area contributed by atoms with Gasteiger partial charge >= 0.3 is 0 Å². The van der Waals surface area contributed by atoms with Crippen LogP contribution in [0.4, 0.5) is 0 Å². The molecule has 2 atom stereocenters. The fraction of sp³-hybridized carbons (Fsp3) is 0.320. The van der Waals surface area contributed by atoms with Gasteiger partial charge in [-0.3, -0.25) is 14.6 Å². The maximum atomic E-state index is 13.3. The van der Waals surface area contributed by atoms with Crippen LogP contribution in [0.25, 0.3) is 5.70 Å². The minimum Gasteiger partial charge on any atom is -0.299 e. The molecule has 1 fully saturated rings. The van der Waals surface area contributed by atoms with Gasteiger partial charge in [0.05, 0.1) is 11.6 Å². The maximum Gasteiger partial charge on any atom is 0.192 e. The van der Waals surface area contributed by atoms with Crippen molar-refractivity contribution in [2.45, 2.75) is 44.9 Å². The smallest absolute Gasteiger partial charge is 0.192 e. The molecular formula is C25H23NO2. The Morgan fingerprint density at radius 1 is 0.893 bits per heavy atom. The molecule has 140 valence electrons. The molecule has 3 heteroatoms. The standard InChI is InChI=1S/C25H23NO2/c1-14(2)15-10-12-16(13-11-15)21-22-19(8-5-9-20(22)27)26-24-17-6-3-4-7-18(17)25(28)23(21)24/h3-4,6-7,10-14,21-22H,5,8-9H2,1-2H3/t21-,22?/m1/s1. The van der Waals surface area contributed by atoms with Crippen LogP contribution in [-0.2, 0) is 4.79 Å². The number of carbonyl (C=O) groups is 2. The summed E-state index contributed by atoms with van der Waals surface area (Å²) in [5.74, 6) is 0.177. The number of hydrogen-bond donors (Lipinski definition) is 0. The third kappa shape index (κ3) is 2.46. The lowest BCUT2D eigenvalue weighted by atomic mass is 9.69. The number of ketones is 2. The lowest BCUT2D eigenvalue weighted by Gasteiger charge is -2.35. The topological polar surface area (TPSA) is 46.5 Å². The molecule has 2 aromatic rings. The van der Waals surface area contributed by atoms with Gasteiger partial charge in [-0.1, -0.05) is 62.4 Å². The Bertz CT molecular complexity index is 1060. The van der Waals surface area contributed by atoms with Crippen molar-refractivity contribution in [3.63, 3.8) is 0 Å². The van der Waals surface area contributed by atoms with Crippen LogP contribution in [0.1, 0.15) is 72.0 Å². The van der Waals surface area contributed by atoms with E-state index in [2.05, 4.69) is 38.1 Å². The molecule has 0 N–H and O–H groups in total. The second kappa shape index (κ2) is 6.37. The van der Waals surface area contributed by atoms with Crippen LogP contribution in [0.15, 0.2) is 59.1 Å². The zero-order chi connectivity index (χ0) is 19.4. The fourth-order valence-corrected chi connectivity index (χ4v) is 4.90. The molecule has 28 heavy (non-hydrogen) atoms. The van der Waals surface area contributed by atoms with Gasteiger partial charge < -0.3 is 0 Å². The predicted octanol–water partition coefficient (Wildman–Crippen LogP) is 5.33. The lowest BCUT2D eigenvalue weighted by molar-refractivity contribution is -0.121. The molecule has 0 amide bonds. The number of Topliss-reactive ketones (excluding diaryl/α,β-unsaturated/α-hetero) is 2. The van der Waals surface area contributed by atoms with Crippen molar-refractivity contribution < 1.29 is 9.59 Å². The minimum atomic E-state index is -0.296. The molecule has 0 aromatic heterocycles. The first-order chi connectivity index (χ1) is 13.6. The minimum absolute atomic E-state index is 0.0321. The van der Waals surface area contributed by atoms with Crippen LogP contribution in [0, 0.1) is 5.92 Å². The molecule has 3 nitrogen and oxygen atoms in total. The Balaban J connectivity index is 1.70. The molecule has 0 spiro atoms. The zero-order valence-electron chi connectivity index (χ0n) is 16.2. The normalized spacial score (nSPS) is 23.5. The van der Waals surface area contributed by atoms with Crippen molar-refractivity contribution in [2.24, 2.45) is 10.9 Å². The second-order valence-electron chi connectivity index (χ2n) is 8.34. The summed E-state index contributed by atoms with van der Waals surface area (Å²) < 4.78 is 0. The molecule has 1 aliphatic heterocycles. The van der Waals surface area contributed by atoms with Gasteiger partial charge in [-0.25, -0.2) is 0 Å². The molecule has 1 saturated carbocycles. The summed E-state index contributed by atoms with van der Waals surface area (Å²) in [6, 6.07) is 16.2. The first-order valence-corrected chi connectivity index (χ1v) is 10.1. The Morgan fingerprint density at radius 2 is 1.61 bits per heavy atom. The van der Waals surface area contributed by atoms with E-state index in [-0.39, 0.29) is 23.4 Å². The Labute approximate surface area is 165 Å². The van der Waals surface area contributed by atoms with Gasteiger partial charge in [0.2, 0.25) is 0 Å². The molecule has 1 heterocycles. The van der Waals surface area contributed by atoms with Crippen LogP contribution >= 0.6 is 0 Å². The van der Waals surface area contributed by atoms with E-state index >= 15 is 0 Å². The lowest BCUT2D eigenvalue weighted by Crippen LogP contribution is -2.37. The molecular weight excluding hydrogens is 346 g/mol. The van der Waals surface area contributed by atoms with Crippen molar-refractivity contribution in [3.05, 3.63) is 76.4 Å². The zero-order valence-corrected chi connectivity index (χ0v) is 16.2.